The van der Waals surface area contributed by atoms with E-state index in [4.69, 9.17) is 15.9 Å². The Labute approximate surface area is 113 Å². The van der Waals surface area contributed by atoms with Crippen molar-refractivity contribution in [2.45, 2.75) is 12.4 Å². The van der Waals surface area contributed by atoms with E-state index in [-0.39, 0.29) is 12.3 Å². The molecule has 2 aromatic rings. The fraction of sp³-hybridized carbons (Fsp3) is 0.231. The molecule has 1 aromatic heterocycles. The second-order valence-corrected chi connectivity index (χ2v) is 4.12. The van der Waals surface area contributed by atoms with Gasteiger partial charge in [0.05, 0.1) is 6.04 Å². The highest BCUT2D eigenvalue weighted by Gasteiger charge is 2.31. The molecule has 0 amide bonds. The molecule has 0 radical (unpaired) electrons. The van der Waals surface area contributed by atoms with E-state index >= 15 is 0 Å². The molecule has 0 aliphatic rings. The molecule has 4 N–H and O–H groups in total. The van der Waals surface area contributed by atoms with Crippen LogP contribution in [0.15, 0.2) is 40.8 Å². The van der Waals surface area contributed by atoms with E-state index < -0.39 is 12.4 Å². The number of ether oxygens (including phenoxy) is 1. The van der Waals surface area contributed by atoms with Gasteiger partial charge >= 0.3 is 6.36 Å². The van der Waals surface area contributed by atoms with E-state index in [1.807, 2.05) is 0 Å². The van der Waals surface area contributed by atoms with Crippen LogP contribution in [-0.2, 0) is 0 Å². The summed E-state index contributed by atoms with van der Waals surface area (Å²) in [6.07, 6.45) is -4.73. The zero-order valence-corrected chi connectivity index (χ0v) is 10.4. The summed E-state index contributed by atoms with van der Waals surface area (Å²) in [6, 6.07) is 8.33. The van der Waals surface area contributed by atoms with Gasteiger partial charge in [-0.3, -0.25) is 0 Å². The number of hydrogen-bond donors (Lipinski definition) is 2. The van der Waals surface area contributed by atoms with Crippen molar-refractivity contribution in [2.24, 2.45) is 11.5 Å². The van der Waals surface area contributed by atoms with Crippen LogP contribution in [0.3, 0.4) is 0 Å². The summed E-state index contributed by atoms with van der Waals surface area (Å²) >= 11 is 0. The van der Waals surface area contributed by atoms with Gasteiger partial charge < -0.3 is 20.6 Å². The number of rotatable bonds is 4. The molecule has 0 aliphatic carbocycles. The Morgan fingerprint density at radius 2 is 1.95 bits per heavy atom. The summed E-state index contributed by atoms with van der Waals surface area (Å²) in [4.78, 5) is 0. The third-order valence-corrected chi connectivity index (χ3v) is 2.60. The average Bonchev–Trinajstić information content (AvgIpc) is 2.85. The first-order valence-electron chi connectivity index (χ1n) is 5.80. The van der Waals surface area contributed by atoms with Crippen LogP contribution in [0.25, 0.3) is 11.3 Å². The first-order valence-corrected chi connectivity index (χ1v) is 5.80. The van der Waals surface area contributed by atoms with Crippen LogP contribution in [0.2, 0.25) is 0 Å². The Hall–Kier alpha value is -1.99. The SMILES string of the molecule is NCC(N)c1ccc(-c2cccc(OC(F)(F)F)c2)o1. The maximum atomic E-state index is 12.2. The average molecular weight is 286 g/mol. The third kappa shape index (κ3) is 3.52. The van der Waals surface area contributed by atoms with E-state index in [1.165, 1.54) is 18.2 Å². The van der Waals surface area contributed by atoms with Crippen LogP contribution in [0.4, 0.5) is 13.2 Å². The number of benzene rings is 1. The van der Waals surface area contributed by atoms with Crippen LogP contribution < -0.4 is 16.2 Å². The smallest absolute Gasteiger partial charge is 0.459 e. The maximum Gasteiger partial charge on any atom is 0.573 e. The third-order valence-electron chi connectivity index (χ3n) is 2.60. The van der Waals surface area contributed by atoms with E-state index in [9.17, 15) is 13.2 Å². The summed E-state index contributed by atoms with van der Waals surface area (Å²) in [5, 5.41) is 0. The Morgan fingerprint density at radius 3 is 2.60 bits per heavy atom. The molecular weight excluding hydrogens is 273 g/mol. The highest BCUT2D eigenvalue weighted by atomic mass is 19.4. The molecule has 7 heteroatoms. The van der Waals surface area contributed by atoms with Crippen molar-refractivity contribution in [1.82, 2.24) is 0 Å². The Kier molecular flexibility index (Phi) is 4.01. The lowest BCUT2D eigenvalue weighted by Gasteiger charge is -2.09. The molecule has 0 saturated carbocycles. The number of furan rings is 1. The highest BCUT2D eigenvalue weighted by Crippen LogP contribution is 2.29. The van der Waals surface area contributed by atoms with Crippen molar-refractivity contribution in [3.8, 4) is 17.1 Å². The minimum absolute atomic E-state index is 0.212. The molecule has 2 rings (SSSR count). The quantitative estimate of drug-likeness (QED) is 0.906. The number of alkyl halides is 3. The first-order chi connectivity index (χ1) is 9.39. The standard InChI is InChI=1S/C13H13F3N2O2/c14-13(15,16)20-9-3-1-2-8(6-9)11-4-5-12(19-11)10(18)7-17/h1-6,10H,7,17-18H2. The molecule has 0 fully saturated rings. The van der Waals surface area contributed by atoms with Crippen molar-refractivity contribution in [3.05, 3.63) is 42.2 Å². The first kappa shape index (κ1) is 14.4. The Bertz CT molecular complexity index is 581. The zero-order chi connectivity index (χ0) is 14.8. The van der Waals surface area contributed by atoms with Gasteiger partial charge in [-0.2, -0.15) is 0 Å². The molecular formula is C13H13F3N2O2. The van der Waals surface area contributed by atoms with Crippen molar-refractivity contribution in [3.63, 3.8) is 0 Å². The van der Waals surface area contributed by atoms with Crippen molar-refractivity contribution >= 4 is 0 Å². The molecule has 20 heavy (non-hydrogen) atoms. The number of halogens is 3. The van der Waals surface area contributed by atoms with Crippen LogP contribution in [-0.4, -0.2) is 12.9 Å². The highest BCUT2D eigenvalue weighted by molar-refractivity contribution is 5.59. The van der Waals surface area contributed by atoms with E-state index in [2.05, 4.69) is 4.74 Å². The molecule has 0 spiro atoms. The molecule has 1 unspecified atom stereocenters. The summed E-state index contributed by atoms with van der Waals surface area (Å²) in [5.74, 6) is 0.567. The fourth-order valence-electron chi connectivity index (χ4n) is 1.67. The second-order valence-electron chi connectivity index (χ2n) is 4.12. The second kappa shape index (κ2) is 5.56. The molecule has 4 nitrogen and oxygen atoms in total. The van der Waals surface area contributed by atoms with Gasteiger partial charge in [0.15, 0.2) is 0 Å². The van der Waals surface area contributed by atoms with Crippen molar-refractivity contribution in [2.75, 3.05) is 6.54 Å². The van der Waals surface area contributed by atoms with Gasteiger partial charge in [-0.25, -0.2) is 0 Å². The molecule has 0 saturated heterocycles. The minimum atomic E-state index is -4.73. The zero-order valence-electron chi connectivity index (χ0n) is 10.4. The molecule has 1 heterocycles. The summed E-state index contributed by atoms with van der Waals surface area (Å²) in [6.45, 7) is 0.212. The molecule has 1 aromatic carbocycles. The summed E-state index contributed by atoms with van der Waals surface area (Å²) in [7, 11) is 0. The predicted molar refractivity (Wildman–Crippen MR) is 66.8 cm³/mol. The molecule has 0 bridgehead atoms. The minimum Gasteiger partial charge on any atom is -0.459 e. The fourth-order valence-corrected chi connectivity index (χ4v) is 1.67. The van der Waals surface area contributed by atoms with Gasteiger partial charge in [0.1, 0.15) is 17.3 Å². The van der Waals surface area contributed by atoms with E-state index in [1.54, 1.807) is 18.2 Å². The van der Waals surface area contributed by atoms with Gasteiger partial charge in [-0.05, 0) is 24.3 Å². The monoisotopic (exact) mass is 286 g/mol. The van der Waals surface area contributed by atoms with Crippen LogP contribution in [0, 0.1) is 0 Å². The van der Waals surface area contributed by atoms with Gasteiger partial charge in [0.2, 0.25) is 0 Å². The summed E-state index contributed by atoms with van der Waals surface area (Å²) < 4.78 is 45.8. The van der Waals surface area contributed by atoms with Crippen LogP contribution >= 0.6 is 0 Å². The van der Waals surface area contributed by atoms with Crippen LogP contribution in [0.1, 0.15) is 11.8 Å². The van der Waals surface area contributed by atoms with E-state index in [0.29, 0.717) is 17.1 Å². The van der Waals surface area contributed by atoms with Gasteiger partial charge in [0, 0.05) is 12.1 Å². The lowest BCUT2D eigenvalue weighted by atomic mass is 10.1. The topological polar surface area (TPSA) is 74.4 Å². The predicted octanol–water partition coefficient (Wildman–Crippen LogP) is 2.80. The largest absolute Gasteiger partial charge is 0.573 e. The van der Waals surface area contributed by atoms with Crippen molar-refractivity contribution in [1.29, 1.82) is 0 Å². The summed E-state index contributed by atoms with van der Waals surface area (Å²) in [5.41, 5.74) is 11.6. The normalized spacial score (nSPS) is 13.2. The van der Waals surface area contributed by atoms with Gasteiger partial charge in [-0.1, -0.05) is 12.1 Å². The Morgan fingerprint density at radius 1 is 1.20 bits per heavy atom. The van der Waals surface area contributed by atoms with Gasteiger partial charge in [0.25, 0.3) is 0 Å². The molecule has 1 atom stereocenters. The lowest BCUT2D eigenvalue weighted by Crippen LogP contribution is -2.19. The van der Waals surface area contributed by atoms with Crippen molar-refractivity contribution < 1.29 is 22.3 Å². The Balaban J connectivity index is 2.25. The maximum absolute atomic E-state index is 12.2. The van der Waals surface area contributed by atoms with Crippen LogP contribution in [0.5, 0.6) is 5.75 Å². The number of hydrogen-bond acceptors (Lipinski definition) is 4. The number of nitrogens with two attached hydrogens (primary N) is 2. The lowest BCUT2D eigenvalue weighted by molar-refractivity contribution is -0.274. The van der Waals surface area contributed by atoms with Gasteiger partial charge in [-0.15, -0.1) is 13.2 Å². The molecule has 108 valence electrons. The molecule has 0 aliphatic heterocycles. The van der Waals surface area contributed by atoms with E-state index in [0.717, 1.165) is 0 Å².